The molecule has 0 fully saturated rings. The minimum Gasteiger partial charge on any atom is -0.384 e. The number of nitrogens with zero attached hydrogens (tertiary/aromatic N) is 2. The van der Waals surface area contributed by atoms with E-state index in [1.807, 2.05) is 6.92 Å². The Morgan fingerprint density at radius 1 is 1.73 bits per heavy atom. The monoisotopic (exact) mass is 147 g/mol. The Balaban J connectivity index is 2.95. The summed E-state index contributed by atoms with van der Waals surface area (Å²) in [7, 11) is 0. The molecule has 1 radical (unpaired) electrons. The lowest BCUT2D eigenvalue weighted by Crippen LogP contribution is -1.88. The highest BCUT2D eigenvalue weighted by Gasteiger charge is 1.92. The van der Waals surface area contributed by atoms with E-state index in [0.29, 0.717) is 0 Å². The smallest absolute Gasteiger partial charge is 0.198 e. The van der Waals surface area contributed by atoms with Gasteiger partial charge in [0.1, 0.15) is 6.61 Å². The van der Waals surface area contributed by atoms with Crippen LogP contribution in [0.5, 0.6) is 0 Å². The molecule has 0 aliphatic carbocycles. The third kappa shape index (κ3) is 2.03. The van der Waals surface area contributed by atoms with E-state index >= 15 is 0 Å². The summed E-state index contributed by atoms with van der Waals surface area (Å²) in [5.41, 5.74) is 1.51. The maximum absolute atomic E-state index is 8.40. The molecule has 0 atom stereocenters. The van der Waals surface area contributed by atoms with Crippen LogP contribution in [-0.2, 0) is 0 Å². The summed E-state index contributed by atoms with van der Waals surface area (Å²) in [6, 6.07) is 0. The van der Waals surface area contributed by atoms with Crippen molar-refractivity contribution in [3.8, 4) is 11.8 Å². The fourth-order valence-electron chi connectivity index (χ4n) is 0.608. The Morgan fingerprint density at radius 3 is 3.18 bits per heavy atom. The molecule has 1 N–H and O–H groups in total. The average Bonchev–Trinajstić information content (AvgIpc) is 2.03. The third-order valence-electron chi connectivity index (χ3n) is 1.16. The summed E-state index contributed by atoms with van der Waals surface area (Å²) in [5, 5.41) is 8.40. The second-order valence-electron chi connectivity index (χ2n) is 1.93. The standard InChI is InChI=1S/C8H7N2O/c1-7-8(3-2-4-11)5-9-6-10-7/h5,11H,4H2,1H3. The quantitative estimate of drug-likeness (QED) is 0.522. The molecule has 0 spiro atoms. The number of hydrogen-bond donors (Lipinski definition) is 1. The lowest BCUT2D eigenvalue weighted by atomic mass is 10.2. The lowest BCUT2D eigenvalue weighted by Gasteiger charge is -1.91. The van der Waals surface area contributed by atoms with Crippen LogP contribution in [0.15, 0.2) is 6.20 Å². The number of rotatable bonds is 0. The fourth-order valence-corrected chi connectivity index (χ4v) is 0.608. The van der Waals surface area contributed by atoms with E-state index in [9.17, 15) is 0 Å². The maximum atomic E-state index is 8.40. The summed E-state index contributed by atoms with van der Waals surface area (Å²) in [5.74, 6) is 5.23. The molecule has 0 aromatic carbocycles. The van der Waals surface area contributed by atoms with Crippen LogP contribution < -0.4 is 0 Å². The van der Waals surface area contributed by atoms with E-state index in [4.69, 9.17) is 5.11 Å². The van der Waals surface area contributed by atoms with Gasteiger partial charge < -0.3 is 5.11 Å². The molecule has 3 nitrogen and oxygen atoms in total. The highest BCUT2D eigenvalue weighted by atomic mass is 16.2. The number of aliphatic hydroxyl groups is 1. The molecule has 1 rings (SSSR count). The molecule has 0 saturated heterocycles. The van der Waals surface area contributed by atoms with Crippen molar-refractivity contribution in [3.63, 3.8) is 0 Å². The molecule has 55 valence electrons. The van der Waals surface area contributed by atoms with Crippen molar-refractivity contribution in [1.82, 2.24) is 9.97 Å². The summed E-state index contributed by atoms with van der Waals surface area (Å²) in [4.78, 5) is 7.49. The number of aryl methyl sites for hydroxylation is 1. The summed E-state index contributed by atoms with van der Waals surface area (Å²) in [6.07, 6.45) is 4.02. The van der Waals surface area contributed by atoms with Crippen LogP contribution in [0.2, 0.25) is 0 Å². The van der Waals surface area contributed by atoms with Crippen molar-refractivity contribution in [2.24, 2.45) is 0 Å². The molecular weight excluding hydrogens is 140 g/mol. The largest absolute Gasteiger partial charge is 0.384 e. The lowest BCUT2D eigenvalue weighted by molar-refractivity contribution is 0.350. The van der Waals surface area contributed by atoms with Gasteiger partial charge in [0.2, 0.25) is 0 Å². The first kappa shape index (κ1) is 7.70. The first-order valence-electron chi connectivity index (χ1n) is 3.14. The number of aromatic nitrogens is 2. The van der Waals surface area contributed by atoms with E-state index in [1.165, 1.54) is 0 Å². The second-order valence-corrected chi connectivity index (χ2v) is 1.93. The predicted octanol–water partition coefficient (Wildman–Crippen LogP) is -0.0710. The molecular formula is C8H7N2O. The second kappa shape index (κ2) is 3.69. The first-order chi connectivity index (χ1) is 5.34. The van der Waals surface area contributed by atoms with Gasteiger partial charge in [0.15, 0.2) is 6.33 Å². The van der Waals surface area contributed by atoms with Gasteiger partial charge >= 0.3 is 0 Å². The molecule has 0 saturated carbocycles. The van der Waals surface area contributed by atoms with E-state index in [0.717, 1.165) is 11.3 Å². The summed E-state index contributed by atoms with van der Waals surface area (Å²) >= 11 is 0. The predicted molar refractivity (Wildman–Crippen MR) is 39.6 cm³/mol. The molecule has 11 heavy (non-hydrogen) atoms. The topological polar surface area (TPSA) is 46.0 Å². The van der Waals surface area contributed by atoms with Gasteiger partial charge in [0.05, 0.1) is 11.3 Å². The summed E-state index contributed by atoms with van der Waals surface area (Å²) < 4.78 is 0. The van der Waals surface area contributed by atoms with Gasteiger partial charge in [0, 0.05) is 6.20 Å². The van der Waals surface area contributed by atoms with Gasteiger partial charge in [-0.3, -0.25) is 0 Å². The van der Waals surface area contributed by atoms with Gasteiger partial charge in [-0.05, 0) is 6.92 Å². The van der Waals surface area contributed by atoms with Gasteiger partial charge in [-0.15, -0.1) is 0 Å². The minimum absolute atomic E-state index is 0.141. The summed E-state index contributed by atoms with van der Waals surface area (Å²) in [6.45, 7) is 1.68. The molecule has 0 bridgehead atoms. The molecule has 1 aromatic heterocycles. The van der Waals surface area contributed by atoms with E-state index < -0.39 is 0 Å². The molecule has 0 aliphatic rings. The Hall–Kier alpha value is -1.40. The first-order valence-corrected chi connectivity index (χ1v) is 3.14. The Bertz CT molecular complexity index is 298. The number of hydrogen-bond acceptors (Lipinski definition) is 3. The Morgan fingerprint density at radius 2 is 2.55 bits per heavy atom. The molecule has 0 amide bonds. The molecule has 0 unspecified atom stereocenters. The number of aliphatic hydroxyl groups excluding tert-OH is 1. The fraction of sp³-hybridized carbons (Fsp3) is 0.250. The highest BCUT2D eigenvalue weighted by molar-refractivity contribution is 5.34. The van der Waals surface area contributed by atoms with E-state index in [1.54, 1.807) is 6.20 Å². The van der Waals surface area contributed by atoms with E-state index in [-0.39, 0.29) is 6.61 Å². The normalized spacial score (nSPS) is 8.55. The van der Waals surface area contributed by atoms with Crippen molar-refractivity contribution in [2.45, 2.75) is 6.92 Å². The zero-order chi connectivity index (χ0) is 8.10. The minimum atomic E-state index is -0.141. The van der Waals surface area contributed by atoms with Crippen LogP contribution in [0.3, 0.4) is 0 Å². The van der Waals surface area contributed by atoms with Gasteiger partial charge in [-0.25, -0.2) is 9.97 Å². The van der Waals surface area contributed by atoms with Gasteiger partial charge in [-0.2, -0.15) is 0 Å². The zero-order valence-electron chi connectivity index (χ0n) is 6.13. The van der Waals surface area contributed by atoms with Crippen LogP contribution in [0.25, 0.3) is 0 Å². The molecule has 3 heteroatoms. The Kier molecular flexibility index (Phi) is 2.59. The molecule has 1 heterocycles. The van der Waals surface area contributed by atoms with Gasteiger partial charge in [-0.1, -0.05) is 11.8 Å². The van der Waals surface area contributed by atoms with Crippen molar-refractivity contribution >= 4 is 0 Å². The van der Waals surface area contributed by atoms with Crippen LogP contribution >= 0.6 is 0 Å². The van der Waals surface area contributed by atoms with Crippen molar-refractivity contribution in [2.75, 3.05) is 6.61 Å². The van der Waals surface area contributed by atoms with Gasteiger partial charge in [0.25, 0.3) is 0 Å². The van der Waals surface area contributed by atoms with E-state index in [2.05, 4.69) is 28.1 Å². The van der Waals surface area contributed by atoms with Crippen molar-refractivity contribution < 1.29 is 5.11 Å². The molecule has 0 aliphatic heterocycles. The van der Waals surface area contributed by atoms with Crippen LogP contribution in [0, 0.1) is 25.1 Å². The van der Waals surface area contributed by atoms with Crippen LogP contribution in [0.4, 0.5) is 0 Å². The van der Waals surface area contributed by atoms with Crippen LogP contribution in [0.1, 0.15) is 11.3 Å². The zero-order valence-corrected chi connectivity index (χ0v) is 6.13. The highest BCUT2D eigenvalue weighted by Crippen LogP contribution is 1.97. The Labute approximate surface area is 65.1 Å². The maximum Gasteiger partial charge on any atom is 0.198 e. The van der Waals surface area contributed by atoms with Crippen LogP contribution in [-0.4, -0.2) is 21.7 Å². The van der Waals surface area contributed by atoms with Crippen molar-refractivity contribution in [3.05, 3.63) is 23.8 Å². The SMILES string of the molecule is Cc1n[c]ncc1C#CCO. The third-order valence-corrected chi connectivity index (χ3v) is 1.16. The van der Waals surface area contributed by atoms with Crippen molar-refractivity contribution in [1.29, 1.82) is 0 Å². The average molecular weight is 147 g/mol. The molecule has 1 aromatic rings.